The number of halogens is 1. The van der Waals surface area contributed by atoms with Crippen LogP contribution in [0.3, 0.4) is 0 Å². The molecular weight excluding hydrogens is 549 g/mol. The lowest BCUT2D eigenvalue weighted by atomic mass is 10.0. The van der Waals surface area contributed by atoms with E-state index in [0.29, 0.717) is 42.2 Å². The van der Waals surface area contributed by atoms with Crippen LogP contribution in [0, 0.1) is 5.82 Å². The number of nitrogens with one attached hydrogen (secondary N) is 1. The van der Waals surface area contributed by atoms with E-state index in [2.05, 4.69) is 15.1 Å². The summed E-state index contributed by atoms with van der Waals surface area (Å²) in [5.74, 6) is -0.208. The minimum Gasteiger partial charge on any atom is -0.456 e. The van der Waals surface area contributed by atoms with Crippen LogP contribution in [0.15, 0.2) is 57.9 Å². The largest absolute Gasteiger partial charge is 0.456 e. The summed E-state index contributed by atoms with van der Waals surface area (Å²) in [6.45, 7) is 5.87. The summed E-state index contributed by atoms with van der Waals surface area (Å²) in [6.07, 6.45) is 3.94. The number of carbonyl (C=O) groups excluding carboxylic acids is 1. The zero-order valence-electron chi connectivity index (χ0n) is 24.0. The molecule has 10 heteroatoms. The van der Waals surface area contributed by atoms with Crippen molar-refractivity contribution in [2.24, 2.45) is 0 Å². The fraction of sp³-hybridized carbons (Fsp3) is 0.333. The minimum atomic E-state index is -0.588. The number of para-hydroxylation sites is 1. The highest BCUT2D eigenvalue weighted by Crippen LogP contribution is 2.47. The van der Waals surface area contributed by atoms with Crippen molar-refractivity contribution in [3.63, 3.8) is 0 Å². The highest BCUT2D eigenvalue weighted by Gasteiger charge is 2.31. The zero-order valence-corrected chi connectivity index (χ0v) is 24.0. The van der Waals surface area contributed by atoms with Crippen molar-refractivity contribution < 1.29 is 18.3 Å². The van der Waals surface area contributed by atoms with E-state index in [1.54, 1.807) is 15.7 Å². The molecule has 5 heterocycles. The Hall–Kier alpha value is -4.41. The van der Waals surface area contributed by atoms with Gasteiger partial charge in [0.2, 0.25) is 5.43 Å². The lowest BCUT2D eigenvalue weighted by Gasteiger charge is -2.32. The van der Waals surface area contributed by atoms with Crippen molar-refractivity contribution in [2.75, 3.05) is 64.7 Å². The number of hydrogen-bond donors (Lipinski definition) is 1. The molecule has 3 aromatic carbocycles. The number of piperazine rings is 1. The number of likely N-dealkylation sites (tertiary alicyclic amines) is 1. The summed E-state index contributed by atoms with van der Waals surface area (Å²) in [4.78, 5) is 33.8. The van der Waals surface area contributed by atoms with Crippen LogP contribution in [0.2, 0.25) is 0 Å². The van der Waals surface area contributed by atoms with Crippen molar-refractivity contribution in [1.29, 1.82) is 0 Å². The first-order valence-electron chi connectivity index (χ1n) is 15.0. The Balaban J connectivity index is 1.31. The number of hydrogen-bond acceptors (Lipinski definition) is 7. The van der Waals surface area contributed by atoms with Gasteiger partial charge >= 0.3 is 0 Å². The molecule has 3 aliphatic heterocycles. The number of anilines is 1. The van der Waals surface area contributed by atoms with Gasteiger partial charge in [-0.25, -0.2) is 4.39 Å². The van der Waals surface area contributed by atoms with E-state index in [0.717, 1.165) is 49.1 Å². The summed E-state index contributed by atoms with van der Waals surface area (Å²) in [5, 5.41) is 5.17. The molecule has 0 bridgehead atoms. The summed E-state index contributed by atoms with van der Waals surface area (Å²) < 4.78 is 30.3. The van der Waals surface area contributed by atoms with Crippen LogP contribution in [-0.2, 0) is 0 Å². The van der Waals surface area contributed by atoms with Crippen LogP contribution in [0.25, 0.3) is 38.5 Å². The number of ether oxygens (including phenoxy) is 1. The predicted octanol–water partition coefficient (Wildman–Crippen LogP) is 5.03. The van der Waals surface area contributed by atoms with Gasteiger partial charge in [0.15, 0.2) is 17.3 Å². The van der Waals surface area contributed by atoms with Gasteiger partial charge in [0.25, 0.3) is 5.91 Å². The number of pyridine rings is 1. The molecule has 0 radical (unpaired) electrons. The fourth-order valence-electron chi connectivity index (χ4n) is 6.68. The SMILES string of the molecule is CN1CCN(C(=O)c2cn3c4c(c(NCCN5CCCC5)c(F)cc4c2=O)Oc2cc4c(cc2-3)oc2ccccc24)CC1. The van der Waals surface area contributed by atoms with Gasteiger partial charge in [-0.2, -0.15) is 0 Å². The third kappa shape index (κ3) is 4.27. The van der Waals surface area contributed by atoms with Gasteiger partial charge in [-0.1, -0.05) is 18.2 Å². The van der Waals surface area contributed by atoms with Gasteiger partial charge in [0.05, 0.1) is 11.1 Å². The molecule has 43 heavy (non-hydrogen) atoms. The van der Waals surface area contributed by atoms with Crippen LogP contribution in [0.1, 0.15) is 23.2 Å². The Morgan fingerprint density at radius 2 is 1.74 bits per heavy atom. The van der Waals surface area contributed by atoms with Crippen LogP contribution >= 0.6 is 0 Å². The van der Waals surface area contributed by atoms with Crippen LogP contribution in [0.5, 0.6) is 11.5 Å². The van der Waals surface area contributed by atoms with E-state index in [1.807, 2.05) is 43.4 Å². The quantitative estimate of drug-likeness (QED) is 0.306. The smallest absolute Gasteiger partial charge is 0.259 e. The van der Waals surface area contributed by atoms with Crippen molar-refractivity contribution in [3.8, 4) is 17.2 Å². The van der Waals surface area contributed by atoms with Crippen LogP contribution in [-0.4, -0.2) is 84.6 Å². The maximum atomic E-state index is 15.9. The molecule has 0 saturated carbocycles. The molecule has 3 aliphatic rings. The number of carbonyl (C=O) groups is 1. The lowest BCUT2D eigenvalue weighted by Crippen LogP contribution is -2.48. The number of benzene rings is 3. The van der Waals surface area contributed by atoms with Gasteiger partial charge < -0.3 is 33.7 Å². The summed E-state index contributed by atoms with van der Waals surface area (Å²) in [5.41, 5.74) is 2.14. The molecule has 0 unspecified atom stereocenters. The first-order chi connectivity index (χ1) is 21.0. The average molecular weight is 582 g/mol. The van der Waals surface area contributed by atoms with E-state index < -0.39 is 11.2 Å². The Morgan fingerprint density at radius 1 is 0.953 bits per heavy atom. The van der Waals surface area contributed by atoms with Crippen molar-refractivity contribution in [2.45, 2.75) is 12.8 Å². The lowest BCUT2D eigenvalue weighted by molar-refractivity contribution is 0.0662. The molecule has 2 fully saturated rings. The number of rotatable bonds is 5. The number of amides is 1. The molecule has 0 spiro atoms. The van der Waals surface area contributed by atoms with E-state index in [-0.39, 0.29) is 28.3 Å². The topological polar surface area (TPSA) is 83.2 Å². The summed E-state index contributed by atoms with van der Waals surface area (Å²) >= 11 is 0. The standard InChI is InChI=1S/C33H32FN5O4/c1-36-12-14-38(15-13-36)33(41)23-19-39-25-18-27-21(20-6-2-3-7-26(20)42-27)17-28(25)43-32-29(35-8-11-37-9-4-5-10-37)24(34)16-22(30(32)39)31(23)40/h2-3,6-7,16-19,35H,4-5,8-15H2,1H3. The number of fused-ring (bicyclic) bond motifs is 5. The van der Waals surface area contributed by atoms with Gasteiger partial charge in [-0.15, -0.1) is 0 Å². The second-order valence-corrected chi connectivity index (χ2v) is 11.8. The molecule has 9 nitrogen and oxygen atoms in total. The zero-order chi connectivity index (χ0) is 29.2. The van der Waals surface area contributed by atoms with E-state index in [9.17, 15) is 9.59 Å². The summed E-state index contributed by atoms with van der Waals surface area (Å²) in [6, 6.07) is 12.8. The third-order valence-electron chi connectivity index (χ3n) is 9.07. The molecule has 5 aromatic rings. The van der Waals surface area contributed by atoms with Crippen molar-refractivity contribution in [3.05, 3.63) is 70.3 Å². The Labute approximate surface area is 247 Å². The minimum absolute atomic E-state index is 0.00898. The molecule has 2 aromatic heterocycles. The predicted molar refractivity (Wildman–Crippen MR) is 164 cm³/mol. The molecular formula is C33H32FN5O4. The van der Waals surface area contributed by atoms with E-state index in [4.69, 9.17) is 9.15 Å². The average Bonchev–Trinajstić information content (AvgIpc) is 3.66. The number of furan rings is 1. The second-order valence-electron chi connectivity index (χ2n) is 11.8. The molecule has 220 valence electrons. The van der Waals surface area contributed by atoms with Gasteiger partial charge in [0, 0.05) is 62.3 Å². The fourth-order valence-corrected chi connectivity index (χ4v) is 6.68. The maximum Gasteiger partial charge on any atom is 0.259 e. The normalized spacial score (nSPS) is 17.1. The Morgan fingerprint density at radius 3 is 2.56 bits per heavy atom. The number of aromatic nitrogens is 1. The first kappa shape index (κ1) is 26.2. The second kappa shape index (κ2) is 10.1. The Bertz CT molecular complexity index is 1990. The first-order valence-corrected chi connectivity index (χ1v) is 15.0. The van der Waals surface area contributed by atoms with E-state index >= 15 is 4.39 Å². The molecule has 1 N–H and O–H groups in total. The molecule has 0 atom stereocenters. The molecule has 8 rings (SSSR count). The number of nitrogens with zero attached hydrogens (tertiary/aromatic N) is 4. The molecule has 1 amide bonds. The monoisotopic (exact) mass is 581 g/mol. The van der Waals surface area contributed by atoms with Gasteiger partial charge in [0.1, 0.15) is 27.9 Å². The van der Waals surface area contributed by atoms with Gasteiger partial charge in [-0.3, -0.25) is 9.59 Å². The third-order valence-corrected chi connectivity index (χ3v) is 9.07. The van der Waals surface area contributed by atoms with Crippen molar-refractivity contribution >= 4 is 44.4 Å². The summed E-state index contributed by atoms with van der Waals surface area (Å²) in [7, 11) is 2.01. The molecule has 2 saturated heterocycles. The van der Waals surface area contributed by atoms with Crippen LogP contribution < -0.4 is 15.5 Å². The number of likely N-dealkylation sites (N-methyl/N-ethyl adjacent to an activating group) is 1. The molecule has 0 aliphatic carbocycles. The van der Waals surface area contributed by atoms with Gasteiger partial charge in [-0.05, 0) is 51.2 Å². The van der Waals surface area contributed by atoms with Crippen LogP contribution in [0.4, 0.5) is 10.1 Å². The maximum absolute atomic E-state index is 15.9. The van der Waals surface area contributed by atoms with E-state index in [1.165, 1.54) is 18.9 Å². The van der Waals surface area contributed by atoms with Crippen molar-refractivity contribution in [1.82, 2.24) is 19.3 Å². The Kier molecular flexibility index (Phi) is 6.16. The highest BCUT2D eigenvalue weighted by molar-refractivity contribution is 6.07. The highest BCUT2D eigenvalue weighted by atomic mass is 19.1.